The number of fused-ring (bicyclic) bond motifs is 1. The molecule has 3 rings (SSSR count). The number of hydrogen-bond acceptors (Lipinski definition) is 7. The van der Waals surface area contributed by atoms with E-state index in [9.17, 15) is 14.9 Å². The van der Waals surface area contributed by atoms with Gasteiger partial charge in [-0.3, -0.25) is 14.9 Å². The van der Waals surface area contributed by atoms with Crippen molar-refractivity contribution < 1.29 is 19.2 Å². The molecule has 0 saturated heterocycles. The maximum Gasteiger partial charge on any atom is 0.281 e. The van der Waals surface area contributed by atoms with Crippen molar-refractivity contribution in [2.24, 2.45) is 5.10 Å². The van der Waals surface area contributed by atoms with Gasteiger partial charge in [-0.05, 0) is 40.2 Å². The summed E-state index contributed by atoms with van der Waals surface area (Å²) in [5.41, 5.74) is 3.12. The summed E-state index contributed by atoms with van der Waals surface area (Å²) in [5.74, 6) is 0.691. The molecule has 0 saturated carbocycles. The number of hydrazone groups is 1. The first-order valence-corrected chi connectivity index (χ1v) is 9.46. The van der Waals surface area contributed by atoms with Crippen LogP contribution < -0.4 is 14.9 Å². The third kappa shape index (κ3) is 4.12. The summed E-state index contributed by atoms with van der Waals surface area (Å²) in [4.78, 5) is 23.1. The number of non-ortho nitro benzene ring substituents is 1. The lowest BCUT2D eigenvalue weighted by atomic mass is 10.2. The maximum atomic E-state index is 12.3. The smallest absolute Gasteiger partial charge is 0.281 e. The topological polar surface area (TPSA) is 103 Å². The van der Waals surface area contributed by atoms with Crippen molar-refractivity contribution >= 4 is 55.2 Å². The van der Waals surface area contributed by atoms with Gasteiger partial charge in [0.2, 0.25) is 0 Å². The van der Waals surface area contributed by atoms with Gasteiger partial charge in [-0.15, -0.1) is 11.3 Å². The number of thiophene rings is 1. The van der Waals surface area contributed by atoms with Crippen LogP contribution in [0, 0.1) is 10.1 Å². The summed E-state index contributed by atoms with van der Waals surface area (Å²) in [5, 5.41) is 15.5. The molecule has 0 spiro atoms. The third-order valence-corrected chi connectivity index (χ3v) is 5.61. The van der Waals surface area contributed by atoms with E-state index in [-0.39, 0.29) is 5.69 Å². The molecule has 28 heavy (non-hydrogen) atoms. The van der Waals surface area contributed by atoms with E-state index in [1.165, 1.54) is 43.9 Å². The Morgan fingerprint density at radius 3 is 2.61 bits per heavy atom. The van der Waals surface area contributed by atoms with E-state index in [1.54, 1.807) is 24.3 Å². The van der Waals surface area contributed by atoms with Gasteiger partial charge in [-0.2, -0.15) is 5.10 Å². The van der Waals surface area contributed by atoms with Gasteiger partial charge in [0, 0.05) is 32.3 Å². The van der Waals surface area contributed by atoms with E-state index >= 15 is 0 Å². The fourth-order valence-electron chi connectivity index (χ4n) is 2.44. The highest BCUT2D eigenvalue weighted by molar-refractivity contribution is 9.10. The summed E-state index contributed by atoms with van der Waals surface area (Å²) in [6.07, 6.45) is 1.47. The minimum atomic E-state index is -0.470. The fraction of sp³-hybridized carbons (Fsp3) is 0.111. The number of ether oxygens (including phenoxy) is 2. The summed E-state index contributed by atoms with van der Waals surface area (Å²) >= 11 is 4.64. The van der Waals surface area contributed by atoms with Gasteiger partial charge in [0.25, 0.3) is 11.6 Å². The Hall–Kier alpha value is -2.98. The van der Waals surface area contributed by atoms with Crippen LogP contribution in [-0.2, 0) is 0 Å². The van der Waals surface area contributed by atoms with Gasteiger partial charge in [-0.25, -0.2) is 5.43 Å². The summed E-state index contributed by atoms with van der Waals surface area (Å²) in [6.45, 7) is 0. The zero-order chi connectivity index (χ0) is 20.3. The lowest BCUT2D eigenvalue weighted by Gasteiger charge is -2.09. The summed E-state index contributed by atoms with van der Waals surface area (Å²) < 4.78 is 12.0. The van der Waals surface area contributed by atoms with E-state index < -0.39 is 10.8 Å². The molecule has 0 aliphatic heterocycles. The number of carbonyl (C=O) groups is 1. The molecule has 1 heterocycles. The number of nitro benzene ring substituents is 1. The molecule has 1 amide bonds. The lowest BCUT2D eigenvalue weighted by molar-refractivity contribution is -0.384. The molecule has 0 atom stereocenters. The second kappa shape index (κ2) is 8.36. The Morgan fingerprint density at radius 1 is 1.21 bits per heavy atom. The fourth-order valence-corrected chi connectivity index (χ4v) is 3.80. The number of nitro groups is 1. The number of hydrogen-bond donors (Lipinski definition) is 1. The monoisotopic (exact) mass is 463 g/mol. The molecular formula is C18H14BrN3O5S. The van der Waals surface area contributed by atoms with Crippen molar-refractivity contribution in [3.8, 4) is 11.5 Å². The van der Waals surface area contributed by atoms with Gasteiger partial charge in [-0.1, -0.05) is 0 Å². The van der Waals surface area contributed by atoms with Gasteiger partial charge in [0.05, 0.1) is 30.2 Å². The summed E-state index contributed by atoms with van der Waals surface area (Å²) in [7, 11) is 3.07. The van der Waals surface area contributed by atoms with Crippen LogP contribution in [0.15, 0.2) is 46.0 Å². The van der Waals surface area contributed by atoms with Crippen LogP contribution in [0.25, 0.3) is 10.1 Å². The molecule has 3 aromatic rings. The Bertz CT molecular complexity index is 1100. The maximum absolute atomic E-state index is 12.3. The average molecular weight is 464 g/mol. The van der Waals surface area contributed by atoms with Crippen molar-refractivity contribution in [2.45, 2.75) is 0 Å². The molecule has 0 fully saturated rings. The van der Waals surface area contributed by atoms with Crippen LogP contribution in [0.5, 0.6) is 11.5 Å². The predicted octanol–water partition coefficient (Wildman–Crippen LogP) is 4.35. The molecule has 0 radical (unpaired) electrons. The largest absolute Gasteiger partial charge is 0.493 e. The standard InChI is InChI=1S/C18H14BrN3O5S/c1-26-14-6-11(13(19)8-15(14)27-2)9-20-21-18(23)17-7-10-5-12(22(24)25)3-4-16(10)28-17/h3-9H,1-2H3,(H,21,23). The Morgan fingerprint density at radius 2 is 1.93 bits per heavy atom. The lowest BCUT2D eigenvalue weighted by Crippen LogP contribution is -2.16. The van der Waals surface area contributed by atoms with Crippen molar-refractivity contribution in [3.63, 3.8) is 0 Å². The van der Waals surface area contributed by atoms with Gasteiger partial charge >= 0.3 is 0 Å². The highest BCUT2D eigenvalue weighted by Crippen LogP contribution is 2.32. The Kier molecular flexibility index (Phi) is 5.90. The highest BCUT2D eigenvalue weighted by Gasteiger charge is 2.13. The molecular weight excluding hydrogens is 450 g/mol. The first-order chi connectivity index (χ1) is 13.4. The van der Waals surface area contributed by atoms with Crippen LogP contribution in [0.1, 0.15) is 15.2 Å². The molecule has 0 bridgehead atoms. The average Bonchev–Trinajstić information content (AvgIpc) is 3.12. The number of benzene rings is 2. The Balaban J connectivity index is 1.77. The van der Waals surface area contributed by atoms with E-state index in [0.717, 1.165) is 9.17 Å². The molecule has 144 valence electrons. The van der Waals surface area contributed by atoms with Crippen molar-refractivity contribution in [3.05, 3.63) is 61.4 Å². The summed E-state index contributed by atoms with van der Waals surface area (Å²) in [6, 6.07) is 9.53. The van der Waals surface area contributed by atoms with Crippen molar-refractivity contribution in [1.82, 2.24) is 5.43 Å². The molecule has 0 unspecified atom stereocenters. The molecule has 10 heteroatoms. The number of nitrogens with zero attached hydrogens (tertiary/aromatic N) is 2. The second-order valence-corrected chi connectivity index (χ2v) is 7.46. The minimum absolute atomic E-state index is 0.0198. The first kappa shape index (κ1) is 19.8. The number of carbonyl (C=O) groups excluding carboxylic acids is 1. The minimum Gasteiger partial charge on any atom is -0.493 e. The van der Waals surface area contributed by atoms with Gasteiger partial charge < -0.3 is 9.47 Å². The van der Waals surface area contributed by atoms with Crippen LogP contribution >= 0.6 is 27.3 Å². The molecule has 2 aromatic carbocycles. The van der Waals surface area contributed by atoms with Crippen molar-refractivity contribution in [1.29, 1.82) is 0 Å². The highest BCUT2D eigenvalue weighted by atomic mass is 79.9. The second-order valence-electron chi connectivity index (χ2n) is 5.52. The SMILES string of the molecule is COc1cc(Br)c(C=NNC(=O)c2cc3cc([N+](=O)[O-])ccc3s2)cc1OC. The molecule has 8 nitrogen and oxygen atoms in total. The van der Waals surface area contributed by atoms with Gasteiger partial charge in [0.15, 0.2) is 11.5 Å². The number of halogens is 1. The van der Waals surface area contributed by atoms with Crippen LogP contribution in [-0.4, -0.2) is 31.3 Å². The number of rotatable bonds is 6. The normalized spacial score (nSPS) is 11.0. The molecule has 0 aliphatic rings. The zero-order valence-corrected chi connectivity index (χ0v) is 17.2. The van der Waals surface area contributed by atoms with E-state index in [2.05, 4.69) is 26.5 Å². The number of nitrogens with one attached hydrogen (secondary N) is 1. The predicted molar refractivity (Wildman–Crippen MR) is 111 cm³/mol. The quantitative estimate of drug-likeness (QED) is 0.332. The molecule has 1 N–H and O–H groups in total. The van der Waals surface area contributed by atoms with E-state index in [0.29, 0.717) is 27.3 Å². The van der Waals surface area contributed by atoms with E-state index in [1.807, 2.05) is 0 Å². The van der Waals surface area contributed by atoms with Crippen LogP contribution in [0.4, 0.5) is 5.69 Å². The van der Waals surface area contributed by atoms with Crippen LogP contribution in [0.2, 0.25) is 0 Å². The van der Waals surface area contributed by atoms with Crippen molar-refractivity contribution in [2.75, 3.05) is 14.2 Å². The Labute approximate surface area is 172 Å². The third-order valence-electron chi connectivity index (χ3n) is 3.81. The first-order valence-electron chi connectivity index (χ1n) is 7.86. The number of methoxy groups -OCH3 is 2. The zero-order valence-electron chi connectivity index (χ0n) is 14.8. The van der Waals surface area contributed by atoms with Crippen LogP contribution in [0.3, 0.4) is 0 Å². The van der Waals surface area contributed by atoms with Gasteiger partial charge in [0.1, 0.15) is 0 Å². The number of amides is 1. The molecule has 1 aromatic heterocycles. The van der Waals surface area contributed by atoms with E-state index in [4.69, 9.17) is 9.47 Å². The molecule has 0 aliphatic carbocycles.